The van der Waals surface area contributed by atoms with Crippen molar-refractivity contribution >= 4 is 17.5 Å². The molecule has 0 saturated heterocycles. The van der Waals surface area contributed by atoms with Gasteiger partial charge in [0.15, 0.2) is 0 Å². The van der Waals surface area contributed by atoms with E-state index in [0.717, 1.165) is 12.1 Å². The fraction of sp³-hybridized carbons (Fsp3) is 0.364. The van der Waals surface area contributed by atoms with Crippen LogP contribution in [0, 0.1) is 0 Å². The summed E-state index contributed by atoms with van der Waals surface area (Å²) in [4.78, 5) is 11.3. The first-order valence-electron chi connectivity index (χ1n) is 4.94. The maximum absolute atomic E-state index is 11.3. The van der Waals surface area contributed by atoms with E-state index in [4.69, 9.17) is 11.6 Å². The van der Waals surface area contributed by atoms with Crippen LogP contribution < -0.4 is 10.6 Å². The normalized spacial score (nSPS) is 10.0. The Morgan fingerprint density at radius 1 is 1.47 bits per heavy atom. The van der Waals surface area contributed by atoms with E-state index in [0.29, 0.717) is 18.1 Å². The average Bonchev–Trinajstić information content (AvgIpc) is 2.23. The number of rotatable bonds is 5. The molecule has 15 heavy (non-hydrogen) atoms. The summed E-state index contributed by atoms with van der Waals surface area (Å²) in [6.45, 7) is 3.64. The van der Waals surface area contributed by atoms with Crippen LogP contribution in [-0.4, -0.2) is 19.0 Å². The molecule has 4 heteroatoms. The van der Waals surface area contributed by atoms with Gasteiger partial charge in [-0.15, -0.1) is 0 Å². The molecule has 3 nitrogen and oxygen atoms in total. The summed E-state index contributed by atoms with van der Waals surface area (Å²) in [5.41, 5.74) is 1.01. The molecule has 0 radical (unpaired) electrons. The number of likely N-dealkylation sites (N-methyl/N-ethyl adjacent to an activating group) is 1. The molecule has 0 aliphatic rings. The maximum Gasteiger partial charge on any atom is 0.234 e. The second-order valence-electron chi connectivity index (χ2n) is 3.19. The first-order valence-corrected chi connectivity index (χ1v) is 5.32. The SMILES string of the molecule is CCNCC(=O)NCc1cccc(Cl)c1. The lowest BCUT2D eigenvalue weighted by molar-refractivity contribution is -0.120. The molecule has 0 spiro atoms. The van der Waals surface area contributed by atoms with Crippen molar-refractivity contribution in [1.82, 2.24) is 10.6 Å². The minimum atomic E-state index is -0.00294. The third-order valence-electron chi connectivity index (χ3n) is 1.91. The van der Waals surface area contributed by atoms with Crippen LogP contribution in [-0.2, 0) is 11.3 Å². The Hall–Kier alpha value is -1.06. The second kappa shape index (κ2) is 6.43. The van der Waals surface area contributed by atoms with E-state index in [1.165, 1.54) is 0 Å². The number of benzene rings is 1. The molecule has 0 fully saturated rings. The van der Waals surface area contributed by atoms with Crippen molar-refractivity contribution in [1.29, 1.82) is 0 Å². The highest BCUT2D eigenvalue weighted by molar-refractivity contribution is 6.30. The van der Waals surface area contributed by atoms with E-state index < -0.39 is 0 Å². The predicted molar refractivity (Wildman–Crippen MR) is 61.8 cm³/mol. The van der Waals surface area contributed by atoms with Crippen molar-refractivity contribution in [3.05, 3.63) is 34.9 Å². The van der Waals surface area contributed by atoms with Gasteiger partial charge in [-0.2, -0.15) is 0 Å². The molecule has 1 rings (SSSR count). The molecule has 0 aromatic heterocycles. The summed E-state index contributed by atoms with van der Waals surface area (Å²) in [5, 5.41) is 6.45. The van der Waals surface area contributed by atoms with Crippen LogP contribution in [0.25, 0.3) is 0 Å². The number of carbonyl (C=O) groups excluding carboxylic acids is 1. The largest absolute Gasteiger partial charge is 0.351 e. The lowest BCUT2D eigenvalue weighted by atomic mass is 10.2. The van der Waals surface area contributed by atoms with Crippen LogP contribution >= 0.6 is 11.6 Å². The third kappa shape index (κ3) is 4.81. The Morgan fingerprint density at radius 2 is 2.27 bits per heavy atom. The van der Waals surface area contributed by atoms with Crippen LogP contribution in [0.5, 0.6) is 0 Å². The summed E-state index contributed by atoms with van der Waals surface area (Å²) >= 11 is 5.82. The topological polar surface area (TPSA) is 41.1 Å². The minimum absolute atomic E-state index is 0.00294. The van der Waals surface area contributed by atoms with Gasteiger partial charge in [0.1, 0.15) is 0 Å². The van der Waals surface area contributed by atoms with E-state index >= 15 is 0 Å². The highest BCUT2D eigenvalue weighted by Crippen LogP contribution is 2.09. The second-order valence-corrected chi connectivity index (χ2v) is 3.62. The average molecular weight is 227 g/mol. The van der Waals surface area contributed by atoms with Gasteiger partial charge in [-0.05, 0) is 24.2 Å². The zero-order chi connectivity index (χ0) is 11.1. The molecule has 0 bridgehead atoms. The van der Waals surface area contributed by atoms with Gasteiger partial charge in [0.05, 0.1) is 6.54 Å². The predicted octanol–water partition coefficient (Wildman–Crippen LogP) is 1.57. The number of amides is 1. The van der Waals surface area contributed by atoms with Crippen LogP contribution in [0.15, 0.2) is 24.3 Å². The smallest absolute Gasteiger partial charge is 0.234 e. The Labute approximate surface area is 94.8 Å². The van der Waals surface area contributed by atoms with E-state index in [1.54, 1.807) is 0 Å². The van der Waals surface area contributed by atoms with E-state index in [-0.39, 0.29) is 5.91 Å². The van der Waals surface area contributed by atoms with Crippen LogP contribution in [0.2, 0.25) is 5.02 Å². The van der Waals surface area contributed by atoms with Crippen LogP contribution in [0.4, 0.5) is 0 Å². The van der Waals surface area contributed by atoms with Crippen LogP contribution in [0.1, 0.15) is 12.5 Å². The summed E-state index contributed by atoms with van der Waals surface area (Å²) in [6, 6.07) is 7.45. The highest BCUT2D eigenvalue weighted by atomic mass is 35.5. The van der Waals surface area contributed by atoms with Crippen molar-refractivity contribution < 1.29 is 4.79 Å². The van der Waals surface area contributed by atoms with Gasteiger partial charge in [-0.3, -0.25) is 4.79 Å². The third-order valence-corrected chi connectivity index (χ3v) is 2.15. The molecular formula is C11H15ClN2O. The minimum Gasteiger partial charge on any atom is -0.351 e. The lowest BCUT2D eigenvalue weighted by Gasteiger charge is -2.05. The Morgan fingerprint density at radius 3 is 2.93 bits per heavy atom. The number of carbonyl (C=O) groups is 1. The van der Waals surface area contributed by atoms with Gasteiger partial charge in [0.25, 0.3) is 0 Å². The molecule has 0 aliphatic carbocycles. The molecule has 1 amide bonds. The molecule has 1 aromatic carbocycles. The van der Waals surface area contributed by atoms with Gasteiger partial charge < -0.3 is 10.6 Å². The molecule has 0 aliphatic heterocycles. The molecule has 0 heterocycles. The molecule has 2 N–H and O–H groups in total. The van der Waals surface area contributed by atoms with E-state index in [9.17, 15) is 4.79 Å². The molecule has 1 aromatic rings. The highest BCUT2D eigenvalue weighted by Gasteiger charge is 1.99. The van der Waals surface area contributed by atoms with Crippen LogP contribution in [0.3, 0.4) is 0 Å². The van der Waals surface area contributed by atoms with Gasteiger partial charge in [0.2, 0.25) is 5.91 Å². The Kier molecular flexibility index (Phi) is 5.15. The summed E-state index contributed by atoms with van der Waals surface area (Å²) in [5.74, 6) is -0.00294. The Balaban J connectivity index is 2.33. The number of halogens is 1. The number of hydrogen-bond donors (Lipinski definition) is 2. The fourth-order valence-electron chi connectivity index (χ4n) is 1.15. The summed E-state index contributed by atoms with van der Waals surface area (Å²) in [7, 11) is 0. The zero-order valence-electron chi connectivity index (χ0n) is 8.72. The lowest BCUT2D eigenvalue weighted by Crippen LogP contribution is -2.33. The summed E-state index contributed by atoms with van der Waals surface area (Å²) in [6.07, 6.45) is 0. The van der Waals surface area contributed by atoms with Crippen molar-refractivity contribution in [2.24, 2.45) is 0 Å². The number of nitrogens with one attached hydrogen (secondary N) is 2. The quantitative estimate of drug-likeness (QED) is 0.800. The molecule has 0 unspecified atom stereocenters. The first kappa shape index (κ1) is 12.0. The maximum atomic E-state index is 11.3. The molecule has 0 atom stereocenters. The van der Waals surface area contributed by atoms with E-state index in [1.807, 2.05) is 31.2 Å². The van der Waals surface area contributed by atoms with Gasteiger partial charge >= 0.3 is 0 Å². The van der Waals surface area contributed by atoms with Crippen molar-refractivity contribution in [2.45, 2.75) is 13.5 Å². The molecular weight excluding hydrogens is 212 g/mol. The summed E-state index contributed by atoms with van der Waals surface area (Å²) < 4.78 is 0. The standard InChI is InChI=1S/C11H15ClN2O/c1-2-13-8-11(15)14-7-9-4-3-5-10(12)6-9/h3-6,13H,2,7-8H2,1H3,(H,14,15). The van der Waals surface area contributed by atoms with Gasteiger partial charge in [-0.1, -0.05) is 30.7 Å². The number of hydrogen-bond acceptors (Lipinski definition) is 2. The monoisotopic (exact) mass is 226 g/mol. The molecule has 0 saturated carbocycles. The first-order chi connectivity index (χ1) is 7.22. The van der Waals surface area contributed by atoms with Gasteiger partial charge in [0, 0.05) is 11.6 Å². The molecule has 82 valence electrons. The van der Waals surface area contributed by atoms with E-state index in [2.05, 4.69) is 10.6 Å². The fourth-order valence-corrected chi connectivity index (χ4v) is 1.36. The van der Waals surface area contributed by atoms with Crippen molar-refractivity contribution in [2.75, 3.05) is 13.1 Å². The zero-order valence-corrected chi connectivity index (χ0v) is 9.47. The van der Waals surface area contributed by atoms with Crippen molar-refractivity contribution in [3.63, 3.8) is 0 Å². The van der Waals surface area contributed by atoms with Gasteiger partial charge in [-0.25, -0.2) is 0 Å². The Bertz CT molecular complexity index is 328. The van der Waals surface area contributed by atoms with Crippen molar-refractivity contribution in [3.8, 4) is 0 Å².